The Labute approximate surface area is 187 Å². The van der Waals surface area contributed by atoms with E-state index < -0.39 is 0 Å². The number of nitrogens with zero attached hydrogens (tertiary/aromatic N) is 2. The largest absolute Gasteiger partial charge is 0.348 e. The average molecular weight is 430 g/mol. The third kappa shape index (κ3) is 5.22. The highest BCUT2D eigenvalue weighted by Gasteiger charge is 2.16. The molecule has 0 fully saturated rings. The number of carbonyl (C=O) groups excluding carboxylic acids is 1. The molecule has 4 rings (SSSR count). The standard InChI is InChI=1S/C26H24ClN3O/c1-19(13-14-20-7-3-2-4-8-20)29-26(31)25-17-28-18-30(25)24-12-6-10-22(16-24)21-9-5-11-23(27)15-21/h2-12,15-19H,13-14H2,1H3,(H,29,31)/t19-/m1/s1. The maximum absolute atomic E-state index is 12.9. The number of benzene rings is 3. The minimum Gasteiger partial charge on any atom is -0.348 e. The highest BCUT2D eigenvalue weighted by molar-refractivity contribution is 6.30. The van der Waals surface area contributed by atoms with Gasteiger partial charge in [0.2, 0.25) is 0 Å². The van der Waals surface area contributed by atoms with Crippen LogP contribution in [-0.2, 0) is 6.42 Å². The number of aryl methyl sites for hydroxylation is 1. The maximum Gasteiger partial charge on any atom is 0.270 e. The Morgan fingerprint density at radius 3 is 2.52 bits per heavy atom. The first-order chi connectivity index (χ1) is 15.1. The van der Waals surface area contributed by atoms with Gasteiger partial charge in [0.15, 0.2) is 0 Å². The van der Waals surface area contributed by atoms with Gasteiger partial charge in [0.25, 0.3) is 5.91 Å². The lowest BCUT2D eigenvalue weighted by Crippen LogP contribution is -2.34. The minimum absolute atomic E-state index is 0.0499. The number of halogens is 1. The van der Waals surface area contributed by atoms with E-state index in [4.69, 9.17) is 11.6 Å². The summed E-state index contributed by atoms with van der Waals surface area (Å²) in [5, 5.41) is 3.79. The summed E-state index contributed by atoms with van der Waals surface area (Å²) in [5.74, 6) is -0.133. The average Bonchev–Trinajstić information content (AvgIpc) is 3.29. The summed E-state index contributed by atoms with van der Waals surface area (Å²) in [5.41, 5.74) is 4.70. The molecule has 4 nitrogen and oxygen atoms in total. The molecular weight excluding hydrogens is 406 g/mol. The van der Waals surface area contributed by atoms with Gasteiger partial charge in [-0.15, -0.1) is 0 Å². The van der Waals surface area contributed by atoms with Crippen molar-refractivity contribution in [1.82, 2.24) is 14.9 Å². The maximum atomic E-state index is 12.9. The van der Waals surface area contributed by atoms with Crippen molar-refractivity contribution in [2.75, 3.05) is 0 Å². The number of aromatic nitrogens is 2. The fourth-order valence-electron chi connectivity index (χ4n) is 3.57. The van der Waals surface area contributed by atoms with Gasteiger partial charge in [-0.25, -0.2) is 4.98 Å². The first-order valence-corrected chi connectivity index (χ1v) is 10.7. The predicted octanol–water partition coefficient (Wildman–Crippen LogP) is 5.94. The van der Waals surface area contributed by atoms with Crippen LogP contribution in [0.2, 0.25) is 5.02 Å². The molecule has 0 spiro atoms. The summed E-state index contributed by atoms with van der Waals surface area (Å²) in [7, 11) is 0. The highest BCUT2D eigenvalue weighted by atomic mass is 35.5. The predicted molar refractivity (Wildman–Crippen MR) is 126 cm³/mol. The highest BCUT2D eigenvalue weighted by Crippen LogP contribution is 2.25. The molecule has 1 atom stereocenters. The molecule has 1 amide bonds. The zero-order chi connectivity index (χ0) is 21.6. The molecule has 1 N–H and O–H groups in total. The van der Waals surface area contributed by atoms with E-state index in [0.29, 0.717) is 10.7 Å². The number of carbonyl (C=O) groups is 1. The Balaban J connectivity index is 1.48. The van der Waals surface area contributed by atoms with Gasteiger partial charge < -0.3 is 5.32 Å². The Bertz CT molecular complexity index is 1170. The van der Waals surface area contributed by atoms with Gasteiger partial charge >= 0.3 is 0 Å². The van der Waals surface area contributed by atoms with Gasteiger partial charge in [-0.1, -0.05) is 66.2 Å². The van der Waals surface area contributed by atoms with Gasteiger partial charge in [0.1, 0.15) is 5.69 Å². The zero-order valence-electron chi connectivity index (χ0n) is 17.3. The van der Waals surface area contributed by atoms with E-state index in [1.165, 1.54) is 5.56 Å². The van der Waals surface area contributed by atoms with Crippen LogP contribution < -0.4 is 5.32 Å². The Morgan fingerprint density at radius 2 is 1.74 bits per heavy atom. The van der Waals surface area contributed by atoms with Crippen LogP contribution in [0.3, 0.4) is 0 Å². The van der Waals surface area contributed by atoms with E-state index >= 15 is 0 Å². The van der Waals surface area contributed by atoms with Crippen molar-refractivity contribution in [2.24, 2.45) is 0 Å². The van der Waals surface area contributed by atoms with Gasteiger partial charge in [0.05, 0.1) is 12.5 Å². The van der Waals surface area contributed by atoms with Crippen molar-refractivity contribution in [2.45, 2.75) is 25.8 Å². The molecule has 31 heavy (non-hydrogen) atoms. The number of nitrogens with one attached hydrogen (secondary N) is 1. The van der Waals surface area contributed by atoms with Crippen molar-refractivity contribution < 1.29 is 4.79 Å². The molecule has 0 saturated carbocycles. The Kier molecular flexibility index (Phi) is 6.48. The second-order valence-electron chi connectivity index (χ2n) is 7.61. The van der Waals surface area contributed by atoms with Gasteiger partial charge in [0, 0.05) is 16.8 Å². The first-order valence-electron chi connectivity index (χ1n) is 10.3. The summed E-state index contributed by atoms with van der Waals surface area (Å²) >= 11 is 6.15. The van der Waals surface area contributed by atoms with Crippen LogP contribution in [0.15, 0.2) is 91.4 Å². The molecule has 0 saturated heterocycles. The van der Waals surface area contributed by atoms with Crippen LogP contribution in [0.4, 0.5) is 0 Å². The van der Waals surface area contributed by atoms with Crippen LogP contribution in [-0.4, -0.2) is 21.5 Å². The van der Waals surface area contributed by atoms with Crippen molar-refractivity contribution in [3.05, 3.63) is 108 Å². The first kappa shape index (κ1) is 20.9. The fourth-order valence-corrected chi connectivity index (χ4v) is 3.76. The smallest absolute Gasteiger partial charge is 0.270 e. The molecule has 0 aliphatic rings. The van der Waals surface area contributed by atoms with Crippen LogP contribution in [0.5, 0.6) is 0 Å². The van der Waals surface area contributed by atoms with Crippen molar-refractivity contribution in [3.8, 4) is 16.8 Å². The molecule has 0 aliphatic carbocycles. The van der Waals surface area contributed by atoms with Gasteiger partial charge in [-0.3, -0.25) is 9.36 Å². The molecule has 0 unspecified atom stereocenters. The topological polar surface area (TPSA) is 46.9 Å². The van der Waals surface area contributed by atoms with Crippen LogP contribution in [0, 0.1) is 0 Å². The second kappa shape index (κ2) is 9.63. The Morgan fingerprint density at radius 1 is 1.00 bits per heavy atom. The third-order valence-corrected chi connectivity index (χ3v) is 5.47. The summed E-state index contributed by atoms with van der Waals surface area (Å²) in [6, 6.07) is 26.1. The molecule has 0 radical (unpaired) electrons. The lowest BCUT2D eigenvalue weighted by molar-refractivity contribution is 0.0931. The molecule has 0 aliphatic heterocycles. The summed E-state index contributed by atoms with van der Waals surface area (Å²) in [6.45, 7) is 2.03. The molecule has 4 aromatic rings. The summed E-state index contributed by atoms with van der Waals surface area (Å²) < 4.78 is 1.81. The summed E-state index contributed by atoms with van der Waals surface area (Å²) in [6.07, 6.45) is 5.06. The number of amides is 1. The summed E-state index contributed by atoms with van der Waals surface area (Å²) in [4.78, 5) is 17.1. The molecule has 1 heterocycles. The zero-order valence-corrected chi connectivity index (χ0v) is 18.1. The van der Waals surface area contributed by atoms with Crippen LogP contribution >= 0.6 is 11.6 Å². The van der Waals surface area contributed by atoms with Gasteiger partial charge in [-0.2, -0.15) is 0 Å². The van der Waals surface area contributed by atoms with E-state index in [2.05, 4.69) is 22.4 Å². The van der Waals surface area contributed by atoms with Crippen LogP contribution in [0.1, 0.15) is 29.4 Å². The molecule has 5 heteroatoms. The number of rotatable bonds is 7. The monoisotopic (exact) mass is 429 g/mol. The van der Waals surface area contributed by atoms with Crippen LogP contribution in [0.25, 0.3) is 16.8 Å². The van der Waals surface area contributed by atoms with Gasteiger partial charge in [-0.05, 0) is 60.7 Å². The minimum atomic E-state index is -0.133. The third-order valence-electron chi connectivity index (χ3n) is 5.24. The van der Waals surface area contributed by atoms with E-state index in [-0.39, 0.29) is 11.9 Å². The Hall–Kier alpha value is -3.37. The van der Waals surface area contributed by atoms with E-state index in [1.54, 1.807) is 12.5 Å². The molecule has 1 aromatic heterocycles. The lowest BCUT2D eigenvalue weighted by Gasteiger charge is -2.15. The number of imidazole rings is 1. The SMILES string of the molecule is C[C@H](CCc1ccccc1)NC(=O)c1cncn1-c1cccc(-c2cccc(Cl)c2)c1. The fraction of sp³-hybridized carbons (Fsp3) is 0.154. The second-order valence-corrected chi connectivity index (χ2v) is 8.04. The van der Waals surface area contributed by atoms with E-state index in [0.717, 1.165) is 29.7 Å². The molecule has 3 aromatic carbocycles. The van der Waals surface area contributed by atoms with Crippen molar-refractivity contribution in [3.63, 3.8) is 0 Å². The van der Waals surface area contributed by atoms with E-state index in [9.17, 15) is 4.79 Å². The normalized spacial score (nSPS) is 11.8. The lowest BCUT2D eigenvalue weighted by atomic mass is 10.1. The van der Waals surface area contributed by atoms with E-state index in [1.807, 2.05) is 78.2 Å². The number of hydrogen-bond donors (Lipinski definition) is 1. The van der Waals surface area contributed by atoms with Crippen molar-refractivity contribution >= 4 is 17.5 Å². The quantitative estimate of drug-likeness (QED) is 0.395. The molecule has 0 bridgehead atoms. The number of hydrogen-bond acceptors (Lipinski definition) is 2. The van der Waals surface area contributed by atoms with Crippen molar-refractivity contribution in [1.29, 1.82) is 0 Å². The molecular formula is C26H24ClN3O. The molecule has 156 valence electrons.